The molecule has 2 aliphatic heterocycles. The molecular formula is C13H13NO3. The molecule has 88 valence electrons. The molecule has 1 saturated heterocycles. The quantitative estimate of drug-likeness (QED) is 0.724. The van der Waals surface area contributed by atoms with E-state index in [1.807, 2.05) is 0 Å². The molecule has 0 saturated carbocycles. The number of amides is 2. The van der Waals surface area contributed by atoms with Gasteiger partial charge in [-0.3, -0.25) is 14.5 Å². The summed E-state index contributed by atoms with van der Waals surface area (Å²) in [5.41, 5.74) is 1.02. The third-order valence-electron chi connectivity index (χ3n) is 3.29. The van der Waals surface area contributed by atoms with Crippen molar-refractivity contribution in [2.45, 2.75) is 18.9 Å². The summed E-state index contributed by atoms with van der Waals surface area (Å²) in [5, 5.41) is 0. The molecule has 0 bridgehead atoms. The van der Waals surface area contributed by atoms with Crippen LogP contribution in [-0.2, 0) is 4.74 Å². The number of imide groups is 1. The van der Waals surface area contributed by atoms with Crippen LogP contribution in [0.4, 0.5) is 0 Å². The van der Waals surface area contributed by atoms with Gasteiger partial charge in [-0.25, -0.2) is 0 Å². The Labute approximate surface area is 99.2 Å². The lowest BCUT2D eigenvalue weighted by Crippen LogP contribution is -2.36. The smallest absolute Gasteiger partial charge is 0.261 e. The Morgan fingerprint density at radius 1 is 1.18 bits per heavy atom. The molecule has 1 aromatic carbocycles. The van der Waals surface area contributed by atoms with Gasteiger partial charge in [0.25, 0.3) is 11.8 Å². The topological polar surface area (TPSA) is 46.6 Å². The molecule has 0 unspecified atom stereocenters. The van der Waals surface area contributed by atoms with Crippen LogP contribution in [0.2, 0.25) is 0 Å². The first-order valence-corrected chi connectivity index (χ1v) is 5.84. The van der Waals surface area contributed by atoms with Crippen molar-refractivity contribution in [2.24, 2.45) is 0 Å². The molecule has 0 N–H and O–H groups in total. The minimum atomic E-state index is -0.193. The summed E-state index contributed by atoms with van der Waals surface area (Å²) in [6.45, 7) is 1.11. The van der Waals surface area contributed by atoms with Gasteiger partial charge < -0.3 is 4.74 Å². The first-order chi connectivity index (χ1) is 8.27. The van der Waals surface area contributed by atoms with Crippen molar-refractivity contribution < 1.29 is 14.3 Å². The van der Waals surface area contributed by atoms with E-state index in [-0.39, 0.29) is 17.9 Å². The van der Waals surface area contributed by atoms with E-state index in [2.05, 4.69) is 0 Å². The maximum atomic E-state index is 12.0. The van der Waals surface area contributed by atoms with Gasteiger partial charge in [-0.2, -0.15) is 0 Å². The van der Waals surface area contributed by atoms with Gasteiger partial charge in [0.2, 0.25) is 0 Å². The molecule has 0 radical (unpaired) electrons. The molecule has 3 rings (SSSR count). The molecular weight excluding hydrogens is 218 g/mol. The molecule has 2 aliphatic rings. The monoisotopic (exact) mass is 231 g/mol. The summed E-state index contributed by atoms with van der Waals surface area (Å²) in [5.74, 6) is -0.387. The first kappa shape index (κ1) is 10.5. The van der Waals surface area contributed by atoms with Crippen molar-refractivity contribution >= 4 is 11.8 Å². The number of hydrogen-bond acceptors (Lipinski definition) is 3. The van der Waals surface area contributed by atoms with E-state index in [0.717, 1.165) is 19.4 Å². The molecule has 0 aromatic heterocycles. The summed E-state index contributed by atoms with van der Waals surface area (Å²) >= 11 is 0. The Hall–Kier alpha value is -1.68. The third-order valence-corrected chi connectivity index (χ3v) is 3.29. The molecule has 0 spiro atoms. The lowest BCUT2D eigenvalue weighted by molar-refractivity contribution is 0.0475. The van der Waals surface area contributed by atoms with Crippen LogP contribution in [0.5, 0.6) is 0 Å². The Morgan fingerprint density at radius 2 is 1.82 bits per heavy atom. The van der Waals surface area contributed by atoms with Crippen molar-refractivity contribution in [2.75, 3.05) is 13.2 Å². The second-order valence-corrected chi connectivity index (χ2v) is 4.40. The molecule has 1 aromatic rings. The Balaban J connectivity index is 1.84. The number of nitrogens with zero attached hydrogens (tertiary/aromatic N) is 1. The van der Waals surface area contributed by atoms with Gasteiger partial charge >= 0.3 is 0 Å². The van der Waals surface area contributed by atoms with Crippen LogP contribution in [0.25, 0.3) is 0 Å². The Morgan fingerprint density at radius 3 is 2.35 bits per heavy atom. The second kappa shape index (κ2) is 3.96. The van der Waals surface area contributed by atoms with Crippen LogP contribution in [-0.4, -0.2) is 36.0 Å². The highest BCUT2D eigenvalue weighted by atomic mass is 16.5. The van der Waals surface area contributed by atoms with Gasteiger partial charge in [-0.1, -0.05) is 12.1 Å². The average molecular weight is 231 g/mol. The van der Waals surface area contributed by atoms with Crippen molar-refractivity contribution in [3.63, 3.8) is 0 Å². The normalized spacial score (nSPS) is 23.3. The maximum absolute atomic E-state index is 12.0. The molecule has 4 heteroatoms. The van der Waals surface area contributed by atoms with E-state index < -0.39 is 0 Å². The van der Waals surface area contributed by atoms with Crippen LogP contribution in [0.1, 0.15) is 33.6 Å². The largest absolute Gasteiger partial charge is 0.376 e. The number of fused-ring (bicyclic) bond motifs is 1. The van der Waals surface area contributed by atoms with Crippen molar-refractivity contribution in [1.29, 1.82) is 0 Å². The predicted octanol–water partition coefficient (Wildman–Crippen LogP) is 1.46. The van der Waals surface area contributed by atoms with Crippen molar-refractivity contribution in [3.05, 3.63) is 35.4 Å². The molecule has 0 aliphatic carbocycles. The SMILES string of the molecule is O=C1c2ccccc2C(=O)N1C[C@@H]1CCCO1. The van der Waals surface area contributed by atoms with Gasteiger partial charge in [0.15, 0.2) is 0 Å². The van der Waals surface area contributed by atoms with Gasteiger partial charge in [0, 0.05) is 6.61 Å². The zero-order valence-corrected chi connectivity index (χ0v) is 9.39. The standard InChI is InChI=1S/C13H13NO3/c15-12-10-5-1-2-6-11(10)13(16)14(12)8-9-4-3-7-17-9/h1-2,5-6,9H,3-4,7-8H2/t9-/m0/s1. The summed E-state index contributed by atoms with van der Waals surface area (Å²) in [7, 11) is 0. The molecule has 17 heavy (non-hydrogen) atoms. The predicted molar refractivity (Wildman–Crippen MR) is 60.8 cm³/mol. The summed E-state index contributed by atoms with van der Waals surface area (Å²) in [4.78, 5) is 25.4. The number of rotatable bonds is 2. The minimum Gasteiger partial charge on any atom is -0.376 e. The maximum Gasteiger partial charge on any atom is 0.261 e. The average Bonchev–Trinajstić information content (AvgIpc) is 2.94. The molecule has 1 fully saturated rings. The highest BCUT2D eigenvalue weighted by Gasteiger charge is 2.36. The fourth-order valence-corrected chi connectivity index (χ4v) is 2.40. The van der Waals surface area contributed by atoms with Crippen LogP contribution < -0.4 is 0 Å². The van der Waals surface area contributed by atoms with Gasteiger partial charge in [-0.05, 0) is 25.0 Å². The molecule has 4 nitrogen and oxygen atoms in total. The summed E-state index contributed by atoms with van der Waals surface area (Å²) in [6.07, 6.45) is 1.94. The highest BCUT2D eigenvalue weighted by molar-refractivity contribution is 6.21. The second-order valence-electron chi connectivity index (χ2n) is 4.40. The van der Waals surface area contributed by atoms with E-state index in [9.17, 15) is 9.59 Å². The molecule has 2 amide bonds. The Bertz CT molecular complexity index is 442. The van der Waals surface area contributed by atoms with E-state index in [1.54, 1.807) is 24.3 Å². The molecule has 2 heterocycles. The van der Waals surface area contributed by atoms with E-state index >= 15 is 0 Å². The van der Waals surface area contributed by atoms with Gasteiger partial charge in [0.05, 0.1) is 23.8 Å². The van der Waals surface area contributed by atoms with Crippen molar-refractivity contribution in [1.82, 2.24) is 4.90 Å². The van der Waals surface area contributed by atoms with E-state index in [4.69, 9.17) is 4.74 Å². The third kappa shape index (κ3) is 1.65. The number of ether oxygens (including phenoxy) is 1. The fraction of sp³-hybridized carbons (Fsp3) is 0.385. The van der Waals surface area contributed by atoms with Crippen LogP contribution in [0.3, 0.4) is 0 Å². The Kier molecular flexibility index (Phi) is 2.44. The summed E-state index contributed by atoms with van der Waals surface area (Å²) in [6, 6.07) is 6.95. The fourth-order valence-electron chi connectivity index (χ4n) is 2.40. The number of benzene rings is 1. The van der Waals surface area contributed by atoms with E-state index in [0.29, 0.717) is 17.7 Å². The molecule has 1 atom stereocenters. The zero-order chi connectivity index (χ0) is 11.8. The minimum absolute atomic E-state index is 0.0113. The lowest BCUT2D eigenvalue weighted by Gasteiger charge is -2.17. The lowest BCUT2D eigenvalue weighted by atomic mass is 10.1. The van der Waals surface area contributed by atoms with Crippen molar-refractivity contribution in [3.8, 4) is 0 Å². The van der Waals surface area contributed by atoms with Crippen LogP contribution >= 0.6 is 0 Å². The van der Waals surface area contributed by atoms with Gasteiger partial charge in [-0.15, -0.1) is 0 Å². The number of hydrogen-bond donors (Lipinski definition) is 0. The van der Waals surface area contributed by atoms with Gasteiger partial charge in [0.1, 0.15) is 0 Å². The number of carbonyl (C=O) groups is 2. The van der Waals surface area contributed by atoms with E-state index in [1.165, 1.54) is 4.90 Å². The zero-order valence-electron chi connectivity index (χ0n) is 9.39. The highest BCUT2D eigenvalue weighted by Crippen LogP contribution is 2.24. The number of carbonyl (C=O) groups excluding carboxylic acids is 2. The first-order valence-electron chi connectivity index (χ1n) is 5.84. The van der Waals surface area contributed by atoms with Crippen LogP contribution in [0.15, 0.2) is 24.3 Å². The summed E-state index contributed by atoms with van der Waals surface area (Å²) < 4.78 is 5.46. The van der Waals surface area contributed by atoms with Crippen LogP contribution in [0, 0.1) is 0 Å².